The second kappa shape index (κ2) is 5.35. The fourth-order valence-corrected chi connectivity index (χ4v) is 2.45. The van der Waals surface area contributed by atoms with Gasteiger partial charge in [-0.25, -0.2) is 0 Å². The summed E-state index contributed by atoms with van der Waals surface area (Å²) in [4.78, 5) is 3.23. The molecule has 1 N–H and O–H groups in total. The van der Waals surface area contributed by atoms with E-state index in [9.17, 15) is 0 Å². The van der Waals surface area contributed by atoms with Crippen LogP contribution in [0, 0.1) is 4.77 Å². The minimum atomic E-state index is 0.664. The van der Waals surface area contributed by atoms with Crippen molar-refractivity contribution in [1.29, 1.82) is 0 Å². The molecule has 0 atom stereocenters. The fourth-order valence-electron chi connectivity index (χ4n) is 2.18. The summed E-state index contributed by atoms with van der Waals surface area (Å²) in [7, 11) is 1.67. The van der Waals surface area contributed by atoms with E-state index in [1.807, 2.05) is 65.4 Å². The van der Waals surface area contributed by atoms with Crippen LogP contribution in [0.15, 0.2) is 60.8 Å². The number of nitrogens with zero attached hydrogens (tertiary/aromatic N) is 1. The first-order valence-corrected chi connectivity index (χ1v) is 6.71. The Kier molecular flexibility index (Phi) is 3.39. The number of methoxy groups -OCH3 is 1. The van der Waals surface area contributed by atoms with E-state index in [2.05, 4.69) is 4.98 Å². The van der Waals surface area contributed by atoms with E-state index in [1.54, 1.807) is 7.11 Å². The molecule has 0 aliphatic heterocycles. The molecule has 1 aromatic heterocycles. The average molecular weight is 282 g/mol. The summed E-state index contributed by atoms with van der Waals surface area (Å²) in [6.45, 7) is 0. The van der Waals surface area contributed by atoms with Gasteiger partial charge < -0.3 is 9.72 Å². The van der Waals surface area contributed by atoms with Crippen LogP contribution in [-0.2, 0) is 0 Å². The lowest BCUT2D eigenvalue weighted by molar-refractivity contribution is 0.416. The van der Waals surface area contributed by atoms with Crippen LogP contribution in [0.25, 0.3) is 16.9 Å². The molecule has 20 heavy (non-hydrogen) atoms. The minimum absolute atomic E-state index is 0.664. The van der Waals surface area contributed by atoms with Gasteiger partial charge in [-0.05, 0) is 36.5 Å². The molecule has 0 aliphatic carbocycles. The highest BCUT2D eigenvalue weighted by Gasteiger charge is 2.09. The van der Waals surface area contributed by atoms with Gasteiger partial charge in [0.05, 0.1) is 12.8 Å². The highest BCUT2D eigenvalue weighted by Crippen LogP contribution is 2.29. The van der Waals surface area contributed by atoms with Crippen molar-refractivity contribution in [2.45, 2.75) is 0 Å². The molecule has 0 spiro atoms. The Balaban J connectivity index is 2.12. The lowest BCUT2D eigenvalue weighted by Gasteiger charge is -2.05. The van der Waals surface area contributed by atoms with E-state index in [1.165, 1.54) is 0 Å². The zero-order valence-corrected chi connectivity index (χ0v) is 11.9. The summed E-state index contributed by atoms with van der Waals surface area (Å²) in [5.41, 5.74) is 2.97. The van der Waals surface area contributed by atoms with Gasteiger partial charge in [-0.1, -0.05) is 30.3 Å². The van der Waals surface area contributed by atoms with Crippen molar-refractivity contribution in [3.8, 4) is 22.7 Å². The van der Waals surface area contributed by atoms with Crippen LogP contribution in [-0.4, -0.2) is 16.7 Å². The largest absolute Gasteiger partial charge is 0.496 e. The van der Waals surface area contributed by atoms with Gasteiger partial charge in [-0.15, -0.1) is 0 Å². The molecule has 0 saturated heterocycles. The number of para-hydroxylation sites is 2. The van der Waals surface area contributed by atoms with Crippen molar-refractivity contribution in [2.75, 3.05) is 7.11 Å². The molecular weight excluding hydrogens is 268 g/mol. The molecule has 2 aromatic carbocycles. The standard InChI is InChI=1S/C16H14N2OS/c1-19-15-10-6-5-9-13(15)14-11-18(16(20)17-14)12-7-3-2-4-8-12/h2-11H,1H3,(H,17,20). The molecule has 0 aliphatic rings. The monoisotopic (exact) mass is 282 g/mol. The van der Waals surface area contributed by atoms with Crippen LogP contribution < -0.4 is 4.74 Å². The van der Waals surface area contributed by atoms with E-state index in [0.717, 1.165) is 22.7 Å². The van der Waals surface area contributed by atoms with Gasteiger partial charge in [0.1, 0.15) is 5.75 Å². The third-order valence-corrected chi connectivity index (χ3v) is 3.45. The number of nitrogens with one attached hydrogen (secondary N) is 1. The zero-order chi connectivity index (χ0) is 13.9. The van der Waals surface area contributed by atoms with Crippen molar-refractivity contribution in [2.24, 2.45) is 0 Å². The molecule has 0 radical (unpaired) electrons. The Morgan fingerprint density at radius 2 is 1.70 bits per heavy atom. The van der Waals surface area contributed by atoms with E-state index in [-0.39, 0.29) is 0 Å². The maximum atomic E-state index is 5.40. The lowest BCUT2D eigenvalue weighted by Crippen LogP contribution is -1.90. The number of aromatic nitrogens is 2. The number of aromatic amines is 1. The number of imidazole rings is 1. The number of rotatable bonds is 3. The molecule has 3 aromatic rings. The third kappa shape index (κ3) is 2.26. The predicted molar refractivity (Wildman–Crippen MR) is 82.9 cm³/mol. The van der Waals surface area contributed by atoms with Gasteiger partial charge >= 0.3 is 0 Å². The van der Waals surface area contributed by atoms with Crippen molar-refractivity contribution in [1.82, 2.24) is 9.55 Å². The SMILES string of the molecule is COc1ccccc1-c1cn(-c2ccccc2)c(=S)[nH]1. The molecule has 0 amide bonds. The molecule has 1 heterocycles. The van der Waals surface area contributed by atoms with Crippen molar-refractivity contribution >= 4 is 12.2 Å². The first-order valence-electron chi connectivity index (χ1n) is 6.30. The van der Waals surface area contributed by atoms with Crippen LogP contribution in [0.3, 0.4) is 0 Å². The normalized spacial score (nSPS) is 10.4. The second-order valence-corrected chi connectivity index (χ2v) is 4.77. The average Bonchev–Trinajstić information content (AvgIpc) is 2.90. The fraction of sp³-hybridized carbons (Fsp3) is 0.0625. The topological polar surface area (TPSA) is 29.9 Å². The summed E-state index contributed by atoms with van der Waals surface area (Å²) < 4.78 is 8.01. The molecule has 0 bridgehead atoms. The zero-order valence-electron chi connectivity index (χ0n) is 11.0. The molecule has 0 unspecified atom stereocenters. The Labute approximate surface area is 122 Å². The van der Waals surface area contributed by atoms with Crippen LogP contribution in [0.1, 0.15) is 0 Å². The summed E-state index contributed by atoms with van der Waals surface area (Å²) in [6.07, 6.45) is 2.00. The highest BCUT2D eigenvalue weighted by molar-refractivity contribution is 7.71. The quantitative estimate of drug-likeness (QED) is 0.729. The van der Waals surface area contributed by atoms with Crippen LogP contribution in [0.2, 0.25) is 0 Å². The molecule has 3 rings (SSSR count). The van der Waals surface area contributed by atoms with Gasteiger partial charge in [0.15, 0.2) is 4.77 Å². The summed E-state index contributed by atoms with van der Waals surface area (Å²) in [5, 5.41) is 0. The van der Waals surface area contributed by atoms with E-state index < -0.39 is 0 Å². The molecule has 100 valence electrons. The van der Waals surface area contributed by atoms with E-state index >= 15 is 0 Å². The molecule has 4 heteroatoms. The third-order valence-electron chi connectivity index (χ3n) is 3.15. The number of H-pyrrole nitrogens is 1. The second-order valence-electron chi connectivity index (χ2n) is 4.38. The van der Waals surface area contributed by atoms with Crippen LogP contribution in [0.5, 0.6) is 5.75 Å². The van der Waals surface area contributed by atoms with Crippen molar-refractivity contribution in [3.05, 3.63) is 65.6 Å². The first kappa shape index (κ1) is 12.7. The summed E-state index contributed by atoms with van der Waals surface area (Å²) >= 11 is 5.40. The highest BCUT2D eigenvalue weighted by atomic mass is 32.1. The van der Waals surface area contributed by atoms with Crippen molar-refractivity contribution < 1.29 is 4.74 Å². The Hall–Kier alpha value is -2.33. The number of ether oxygens (including phenoxy) is 1. The first-order chi connectivity index (χ1) is 9.79. The Bertz CT molecular complexity index is 774. The van der Waals surface area contributed by atoms with E-state index in [0.29, 0.717) is 4.77 Å². The van der Waals surface area contributed by atoms with Crippen LogP contribution >= 0.6 is 12.2 Å². The maximum absolute atomic E-state index is 5.40. The Morgan fingerprint density at radius 3 is 2.45 bits per heavy atom. The van der Waals surface area contributed by atoms with Gasteiger partial charge in [0.25, 0.3) is 0 Å². The number of hydrogen-bond donors (Lipinski definition) is 1. The van der Waals surface area contributed by atoms with E-state index in [4.69, 9.17) is 17.0 Å². The van der Waals surface area contributed by atoms with Gasteiger partial charge in [0.2, 0.25) is 0 Å². The number of hydrogen-bond acceptors (Lipinski definition) is 2. The van der Waals surface area contributed by atoms with Gasteiger partial charge in [0, 0.05) is 17.4 Å². The van der Waals surface area contributed by atoms with Crippen LogP contribution in [0.4, 0.5) is 0 Å². The predicted octanol–water partition coefficient (Wildman–Crippen LogP) is 4.21. The Morgan fingerprint density at radius 1 is 1.00 bits per heavy atom. The summed E-state index contributed by atoms with van der Waals surface area (Å²) in [6, 6.07) is 17.9. The lowest BCUT2D eigenvalue weighted by atomic mass is 10.1. The van der Waals surface area contributed by atoms with Gasteiger partial charge in [-0.3, -0.25) is 4.57 Å². The molecular formula is C16H14N2OS. The summed E-state index contributed by atoms with van der Waals surface area (Å²) in [5.74, 6) is 0.823. The van der Waals surface area contributed by atoms with Gasteiger partial charge in [-0.2, -0.15) is 0 Å². The molecule has 0 saturated carbocycles. The smallest absolute Gasteiger partial charge is 0.182 e. The minimum Gasteiger partial charge on any atom is -0.496 e. The molecule has 3 nitrogen and oxygen atoms in total. The maximum Gasteiger partial charge on any atom is 0.182 e. The number of benzene rings is 2. The van der Waals surface area contributed by atoms with Crippen molar-refractivity contribution in [3.63, 3.8) is 0 Å². The molecule has 0 fully saturated rings.